The number of carbonyl (C=O) groups excluding carboxylic acids is 1. The standard InChI is InChI=1S/C41H65NO14/c1-42(41(43)56-35-40-38-9-5-3-7-36(38)37-8-4-6-10-39(37)40)11-12-45-15-16-47-19-20-49-23-24-51-27-28-53-31-32-55-34-33-54-30-29-52-26-25-50-22-21-48-18-17-46-14-13-44-2/h3-10,40H,11-35H2,1-2H3. The Kier molecular flexibility index (Phi) is 28.2. The van der Waals surface area contributed by atoms with Crippen molar-refractivity contribution in [1.29, 1.82) is 0 Å². The molecule has 0 heterocycles. The van der Waals surface area contributed by atoms with Crippen LogP contribution < -0.4 is 0 Å². The SMILES string of the molecule is COCCOCCOCCOCCOCCOCCOCCOCCOCCOCCOCCOCCN(C)C(=O)OCC1c2ccccc2-c2ccccc21. The lowest BCUT2D eigenvalue weighted by Crippen LogP contribution is -2.32. The molecule has 0 atom stereocenters. The number of hydrogen-bond donors (Lipinski definition) is 0. The molecule has 1 amide bonds. The van der Waals surface area contributed by atoms with E-state index in [1.165, 1.54) is 27.2 Å². The molecule has 2 aromatic carbocycles. The summed E-state index contributed by atoms with van der Waals surface area (Å²) in [6.07, 6.45) is -0.365. The van der Waals surface area contributed by atoms with E-state index in [1.807, 2.05) is 24.3 Å². The predicted octanol–water partition coefficient (Wildman–Crippen LogP) is 3.70. The molecule has 15 nitrogen and oxygen atoms in total. The van der Waals surface area contributed by atoms with Crippen molar-refractivity contribution in [3.63, 3.8) is 0 Å². The van der Waals surface area contributed by atoms with Crippen LogP contribution >= 0.6 is 0 Å². The Morgan fingerprint density at radius 2 is 0.732 bits per heavy atom. The Hall–Kier alpha value is -2.77. The molecule has 0 radical (unpaired) electrons. The van der Waals surface area contributed by atoms with Crippen LogP contribution in [-0.4, -0.2) is 190 Å². The number of fused-ring (bicyclic) bond motifs is 3. The maximum atomic E-state index is 12.6. The van der Waals surface area contributed by atoms with Crippen molar-refractivity contribution in [3.05, 3.63) is 59.7 Å². The molecule has 0 N–H and O–H groups in total. The summed E-state index contributed by atoms with van der Waals surface area (Å²) in [6.45, 7) is 12.2. The van der Waals surface area contributed by atoms with Gasteiger partial charge in [-0.1, -0.05) is 48.5 Å². The molecule has 0 saturated carbocycles. The molecule has 3 rings (SSSR count). The van der Waals surface area contributed by atoms with E-state index in [4.69, 9.17) is 61.6 Å². The second-order valence-electron chi connectivity index (χ2n) is 12.5. The van der Waals surface area contributed by atoms with E-state index in [0.29, 0.717) is 165 Å². The maximum Gasteiger partial charge on any atom is 0.409 e. The Labute approximate surface area is 332 Å². The number of hydrogen-bond acceptors (Lipinski definition) is 14. The molecular weight excluding hydrogens is 730 g/mol. The third-order valence-corrected chi connectivity index (χ3v) is 8.37. The number of ether oxygens (including phenoxy) is 13. The first-order valence-electron chi connectivity index (χ1n) is 19.6. The van der Waals surface area contributed by atoms with Crippen LogP contribution in [0, 0.1) is 0 Å². The molecule has 15 heteroatoms. The normalized spacial score (nSPS) is 12.2. The van der Waals surface area contributed by atoms with Crippen molar-refractivity contribution in [2.24, 2.45) is 0 Å². The lowest BCUT2D eigenvalue weighted by molar-refractivity contribution is -0.0281. The van der Waals surface area contributed by atoms with Gasteiger partial charge >= 0.3 is 6.09 Å². The quantitative estimate of drug-likeness (QED) is 0.0913. The van der Waals surface area contributed by atoms with Crippen LogP contribution in [0.2, 0.25) is 0 Å². The average Bonchev–Trinajstić information content (AvgIpc) is 3.54. The molecule has 318 valence electrons. The van der Waals surface area contributed by atoms with Gasteiger partial charge in [-0.15, -0.1) is 0 Å². The van der Waals surface area contributed by atoms with Gasteiger partial charge in [0.25, 0.3) is 0 Å². The number of benzene rings is 2. The smallest absolute Gasteiger partial charge is 0.409 e. The lowest BCUT2D eigenvalue weighted by Gasteiger charge is -2.19. The van der Waals surface area contributed by atoms with Crippen molar-refractivity contribution in [2.45, 2.75) is 5.92 Å². The van der Waals surface area contributed by atoms with Crippen molar-refractivity contribution in [2.75, 3.05) is 179 Å². The largest absolute Gasteiger partial charge is 0.448 e. The molecule has 56 heavy (non-hydrogen) atoms. The highest BCUT2D eigenvalue weighted by Gasteiger charge is 2.29. The van der Waals surface area contributed by atoms with Gasteiger partial charge in [-0.05, 0) is 22.3 Å². The highest BCUT2D eigenvalue weighted by Crippen LogP contribution is 2.44. The molecule has 1 aliphatic carbocycles. The van der Waals surface area contributed by atoms with E-state index in [9.17, 15) is 4.79 Å². The van der Waals surface area contributed by atoms with E-state index < -0.39 is 0 Å². The molecule has 1 aliphatic rings. The Balaban J connectivity index is 0.961. The predicted molar refractivity (Wildman–Crippen MR) is 209 cm³/mol. The topological polar surface area (TPSA) is 140 Å². The summed E-state index contributed by atoms with van der Waals surface area (Å²) >= 11 is 0. The number of nitrogens with zero attached hydrogens (tertiary/aromatic N) is 1. The average molecular weight is 796 g/mol. The summed E-state index contributed by atoms with van der Waals surface area (Å²) < 4.78 is 70.9. The van der Waals surface area contributed by atoms with Crippen LogP contribution in [0.3, 0.4) is 0 Å². The highest BCUT2D eigenvalue weighted by atomic mass is 16.6. The number of rotatable bonds is 38. The fraction of sp³-hybridized carbons (Fsp3) is 0.683. The Morgan fingerprint density at radius 1 is 0.446 bits per heavy atom. The zero-order valence-electron chi connectivity index (χ0n) is 33.5. The zero-order valence-corrected chi connectivity index (χ0v) is 33.5. The van der Waals surface area contributed by atoms with Gasteiger partial charge in [-0.3, -0.25) is 0 Å². The van der Waals surface area contributed by atoms with Crippen molar-refractivity contribution in [3.8, 4) is 11.1 Å². The first-order chi connectivity index (χ1) is 27.7. The Morgan fingerprint density at radius 3 is 1.05 bits per heavy atom. The van der Waals surface area contributed by atoms with Gasteiger partial charge in [0, 0.05) is 26.6 Å². The summed E-state index contributed by atoms with van der Waals surface area (Å²) in [6, 6.07) is 16.6. The summed E-state index contributed by atoms with van der Waals surface area (Å²) in [5.41, 5.74) is 4.79. The molecule has 0 aromatic heterocycles. The van der Waals surface area contributed by atoms with Gasteiger partial charge in [0.15, 0.2) is 0 Å². The summed E-state index contributed by atoms with van der Waals surface area (Å²) in [5.74, 6) is 0.0376. The van der Waals surface area contributed by atoms with Gasteiger partial charge in [0.1, 0.15) is 6.61 Å². The molecule has 0 bridgehead atoms. The van der Waals surface area contributed by atoms with Crippen molar-refractivity contribution < 1.29 is 66.4 Å². The third-order valence-electron chi connectivity index (χ3n) is 8.37. The molecule has 2 aromatic rings. The lowest BCUT2D eigenvalue weighted by atomic mass is 9.98. The molecule has 0 spiro atoms. The molecule has 0 unspecified atom stereocenters. The van der Waals surface area contributed by atoms with Gasteiger partial charge in [-0.25, -0.2) is 4.79 Å². The minimum atomic E-state index is -0.365. The summed E-state index contributed by atoms with van der Waals surface area (Å²) in [4.78, 5) is 14.1. The monoisotopic (exact) mass is 795 g/mol. The van der Waals surface area contributed by atoms with Crippen LogP contribution in [0.25, 0.3) is 11.1 Å². The summed E-state index contributed by atoms with van der Waals surface area (Å²) in [7, 11) is 3.36. The molecule has 0 fully saturated rings. The van der Waals surface area contributed by atoms with E-state index in [-0.39, 0.29) is 12.0 Å². The van der Waals surface area contributed by atoms with Crippen molar-refractivity contribution >= 4 is 6.09 Å². The Bertz CT molecular complexity index is 1190. The van der Waals surface area contributed by atoms with E-state index in [2.05, 4.69) is 24.3 Å². The number of likely N-dealkylation sites (N-methyl/N-ethyl adjacent to an activating group) is 1. The van der Waals surface area contributed by atoms with E-state index in [1.54, 1.807) is 14.2 Å². The van der Waals surface area contributed by atoms with Gasteiger partial charge in [-0.2, -0.15) is 0 Å². The summed E-state index contributed by atoms with van der Waals surface area (Å²) in [5, 5.41) is 0. The first-order valence-corrected chi connectivity index (χ1v) is 19.6. The molecule has 0 aliphatic heterocycles. The van der Waals surface area contributed by atoms with Gasteiger partial charge in [0.2, 0.25) is 0 Å². The molecule has 0 saturated heterocycles. The first kappa shape index (κ1) is 47.6. The third kappa shape index (κ3) is 21.7. The van der Waals surface area contributed by atoms with Crippen LogP contribution in [0.4, 0.5) is 4.79 Å². The highest BCUT2D eigenvalue weighted by molar-refractivity contribution is 5.79. The molecular formula is C41H65NO14. The van der Waals surface area contributed by atoms with Crippen LogP contribution in [0.1, 0.15) is 17.0 Å². The van der Waals surface area contributed by atoms with Crippen LogP contribution in [-0.2, 0) is 61.6 Å². The number of methoxy groups -OCH3 is 1. The fourth-order valence-electron chi connectivity index (χ4n) is 5.44. The minimum Gasteiger partial charge on any atom is -0.448 e. The van der Waals surface area contributed by atoms with E-state index >= 15 is 0 Å². The second-order valence-corrected chi connectivity index (χ2v) is 12.5. The number of carbonyl (C=O) groups is 1. The maximum absolute atomic E-state index is 12.6. The van der Waals surface area contributed by atoms with E-state index in [0.717, 1.165) is 0 Å². The number of amides is 1. The van der Waals surface area contributed by atoms with Crippen molar-refractivity contribution in [1.82, 2.24) is 4.90 Å². The van der Waals surface area contributed by atoms with Gasteiger partial charge in [0.05, 0.1) is 152 Å². The second kappa shape index (κ2) is 33.2. The van der Waals surface area contributed by atoms with Crippen LogP contribution in [0.5, 0.6) is 0 Å². The van der Waals surface area contributed by atoms with Crippen LogP contribution in [0.15, 0.2) is 48.5 Å². The minimum absolute atomic E-state index is 0.0376. The van der Waals surface area contributed by atoms with Gasteiger partial charge < -0.3 is 66.5 Å². The zero-order chi connectivity index (χ0) is 39.6. The fourth-order valence-corrected chi connectivity index (χ4v) is 5.44.